The number of ether oxygens (including phenoxy) is 1. The van der Waals surface area contributed by atoms with Crippen molar-refractivity contribution >= 4 is 19.8 Å². The molecule has 1 aliphatic carbocycles. The molecule has 23 heavy (non-hydrogen) atoms. The molecule has 4 nitrogen and oxygen atoms in total. The number of allylic oxidation sites excluding steroid dienone is 1. The Morgan fingerprint density at radius 3 is 2.61 bits per heavy atom. The van der Waals surface area contributed by atoms with E-state index in [4.69, 9.17) is 4.74 Å². The Kier molecular flexibility index (Phi) is 9.26. The topological polar surface area (TPSA) is 46.6 Å². The molecule has 0 aromatic rings. The fourth-order valence-electron chi connectivity index (χ4n) is 2.24. The van der Waals surface area contributed by atoms with Gasteiger partial charge in [0, 0.05) is 0 Å². The molecule has 0 amide bonds. The first-order valence-corrected chi connectivity index (χ1v) is 10.5. The van der Waals surface area contributed by atoms with Gasteiger partial charge in [-0.3, -0.25) is 0 Å². The molecule has 1 aliphatic rings. The van der Waals surface area contributed by atoms with E-state index in [0.717, 1.165) is 28.0 Å². The zero-order chi connectivity index (χ0) is 17.4. The van der Waals surface area contributed by atoms with E-state index >= 15 is 0 Å². The molecule has 1 rings (SSSR count). The third kappa shape index (κ3) is 6.13. The molecule has 0 spiro atoms. The van der Waals surface area contributed by atoms with Gasteiger partial charge in [-0.15, -0.1) is 0 Å². The van der Waals surface area contributed by atoms with E-state index in [1.165, 1.54) is 6.08 Å². The Morgan fingerprint density at radius 2 is 2.04 bits per heavy atom. The summed E-state index contributed by atoms with van der Waals surface area (Å²) in [5.41, 5.74) is 0. The molecule has 0 N–H and O–H groups in total. The number of hydrogen-bond acceptors (Lipinski definition) is 4. The molecule has 0 aromatic heterocycles. The van der Waals surface area contributed by atoms with E-state index in [-0.39, 0.29) is 6.04 Å². The van der Waals surface area contributed by atoms with Crippen molar-refractivity contribution in [2.24, 2.45) is 0 Å². The molecule has 0 bridgehead atoms. The van der Waals surface area contributed by atoms with E-state index in [9.17, 15) is 8.63 Å². The molecule has 0 aromatic carbocycles. The van der Waals surface area contributed by atoms with Crippen molar-refractivity contribution in [3.63, 3.8) is 0 Å². The number of carbonyl (C=O) groups is 1. The Morgan fingerprint density at radius 1 is 1.35 bits per heavy atom. The van der Waals surface area contributed by atoms with Gasteiger partial charge in [0.05, 0.1) is 0 Å². The van der Waals surface area contributed by atoms with Crippen molar-refractivity contribution in [2.45, 2.75) is 46.1 Å². The monoisotopic (exact) mass is 386 g/mol. The van der Waals surface area contributed by atoms with Gasteiger partial charge in [0.1, 0.15) is 0 Å². The maximum absolute atomic E-state index is 13.1. The third-order valence-corrected chi connectivity index (χ3v) is 7.11. The Bertz CT molecular complexity index is 434. The van der Waals surface area contributed by atoms with Crippen LogP contribution in [0.5, 0.6) is 0 Å². The predicted molar refractivity (Wildman–Crippen MR) is 93.2 cm³/mol. The zero-order valence-electron chi connectivity index (χ0n) is 14.8. The van der Waals surface area contributed by atoms with Crippen LogP contribution < -0.4 is 0 Å². The van der Waals surface area contributed by atoms with Crippen LogP contribution in [0.25, 0.3) is 0 Å². The third-order valence-electron chi connectivity index (χ3n) is 3.81. The van der Waals surface area contributed by atoms with Gasteiger partial charge in [0.2, 0.25) is 0 Å². The van der Waals surface area contributed by atoms with Crippen molar-refractivity contribution in [1.29, 1.82) is 0 Å². The molecule has 1 fully saturated rings. The van der Waals surface area contributed by atoms with Gasteiger partial charge in [0.25, 0.3) is 0 Å². The van der Waals surface area contributed by atoms with Crippen molar-refractivity contribution < 1.29 is 13.4 Å². The van der Waals surface area contributed by atoms with E-state index in [1.807, 2.05) is 33.4 Å². The number of carbonyl (C=O) groups excluding carboxylic acids is 1. The van der Waals surface area contributed by atoms with Crippen LogP contribution in [-0.2, 0) is 13.4 Å². The second kappa shape index (κ2) is 10.4. The average Bonchev–Trinajstić information content (AvgIpc) is 2.99. The molecule has 2 atom stereocenters. The molecule has 129 valence electrons. The summed E-state index contributed by atoms with van der Waals surface area (Å²) in [6.07, 6.45) is 9.96. The van der Waals surface area contributed by atoms with E-state index in [2.05, 4.69) is 18.7 Å². The number of unbranched alkanes of at least 4 members (excludes halogenated alkanes) is 1. The molecule has 0 aliphatic heterocycles. The fourth-order valence-corrected chi connectivity index (χ4v) is 5.32. The van der Waals surface area contributed by atoms with E-state index in [1.54, 1.807) is 6.92 Å². The molecule has 5 radical (unpaired) electrons. The molecular weight excluding hydrogens is 357 g/mol. The minimum atomic E-state index is -2.43. The molecular formula is C18H28NO3Se. The van der Waals surface area contributed by atoms with Crippen molar-refractivity contribution in [2.75, 3.05) is 20.7 Å². The van der Waals surface area contributed by atoms with Gasteiger partial charge in [0.15, 0.2) is 0 Å². The summed E-state index contributed by atoms with van der Waals surface area (Å²) in [5, 5.41) is 0. The van der Waals surface area contributed by atoms with Gasteiger partial charge >= 0.3 is 145 Å². The van der Waals surface area contributed by atoms with Gasteiger partial charge in [-0.05, 0) is 0 Å². The van der Waals surface area contributed by atoms with Crippen LogP contribution in [0.1, 0.15) is 40.0 Å². The first-order valence-electron chi connectivity index (χ1n) is 8.13. The van der Waals surface area contributed by atoms with Crippen molar-refractivity contribution in [1.82, 2.24) is 4.90 Å². The van der Waals surface area contributed by atoms with Crippen LogP contribution in [0.2, 0.25) is 0 Å². The quantitative estimate of drug-likeness (QED) is 0.348. The van der Waals surface area contributed by atoms with Gasteiger partial charge in [-0.2, -0.15) is 0 Å². The van der Waals surface area contributed by atoms with Gasteiger partial charge in [-0.25, -0.2) is 0 Å². The molecule has 5 heteroatoms. The van der Waals surface area contributed by atoms with Crippen molar-refractivity contribution in [3.8, 4) is 0 Å². The number of esters is 1. The van der Waals surface area contributed by atoms with Crippen LogP contribution in [-0.4, -0.2) is 51.4 Å². The van der Waals surface area contributed by atoms with Crippen LogP contribution in [0.4, 0.5) is 0 Å². The summed E-state index contributed by atoms with van der Waals surface area (Å²) < 4.78 is 18.8. The zero-order valence-corrected chi connectivity index (χ0v) is 16.5. The summed E-state index contributed by atoms with van der Waals surface area (Å²) in [6.45, 7) is 6.29. The molecule has 0 saturated heterocycles. The maximum atomic E-state index is 13.1. The summed E-state index contributed by atoms with van der Waals surface area (Å²) in [7, 11) is 4.02. The summed E-state index contributed by atoms with van der Waals surface area (Å²) in [6, 6.07) is 0.190. The fraction of sp³-hybridized carbons (Fsp3) is 0.556. The van der Waals surface area contributed by atoms with Crippen LogP contribution >= 0.6 is 0 Å². The van der Waals surface area contributed by atoms with Gasteiger partial charge in [-0.1, -0.05) is 0 Å². The second-order valence-electron chi connectivity index (χ2n) is 5.72. The number of hydrogen-bond donors (Lipinski definition) is 0. The summed E-state index contributed by atoms with van der Waals surface area (Å²) in [5.74, 6) is 0.693. The van der Waals surface area contributed by atoms with Crippen LogP contribution in [0, 0.1) is 30.0 Å². The average molecular weight is 385 g/mol. The SMILES string of the molecule is CCCC/C(=C/C(=O)OCC)[Se](=O)[C]1[CH][CH][CH][C]1[C@@H](C)N(C)C. The standard InChI is InChI=1S/C18H28NO3Se/c1-6-8-10-15(13-18(20)22-7-2)23(21)17-12-9-11-16(17)14(3)19(4)5/h9,11-14H,6-8,10H2,1-5H3/b15-13-/t14-,23?/m1/s1. The Balaban J connectivity index is 2.92. The minimum absolute atomic E-state index is 0.190. The molecule has 1 unspecified atom stereocenters. The number of rotatable bonds is 9. The number of nitrogens with zero attached hydrogens (tertiary/aromatic N) is 1. The summed E-state index contributed by atoms with van der Waals surface area (Å²) >= 11 is -2.43. The Hall–Kier alpha value is -0.511. The van der Waals surface area contributed by atoms with Crippen molar-refractivity contribution in [3.05, 3.63) is 40.5 Å². The summed E-state index contributed by atoms with van der Waals surface area (Å²) in [4.78, 5) is 14.8. The first kappa shape index (κ1) is 20.5. The second-order valence-corrected chi connectivity index (χ2v) is 8.87. The first-order chi connectivity index (χ1) is 10.9. The van der Waals surface area contributed by atoms with Crippen LogP contribution in [0.15, 0.2) is 10.5 Å². The molecule has 1 saturated carbocycles. The van der Waals surface area contributed by atoms with Gasteiger partial charge < -0.3 is 0 Å². The van der Waals surface area contributed by atoms with E-state index < -0.39 is 19.8 Å². The Labute approximate surface area is 145 Å². The molecule has 0 heterocycles. The normalized spacial score (nSPS) is 20.0. The van der Waals surface area contributed by atoms with Crippen LogP contribution in [0.3, 0.4) is 0 Å². The predicted octanol–water partition coefficient (Wildman–Crippen LogP) is 2.89. The van der Waals surface area contributed by atoms with E-state index in [0.29, 0.717) is 13.0 Å².